The molecule has 2 aromatic carbocycles. The number of anilines is 1. The predicted octanol–water partition coefficient (Wildman–Crippen LogP) is 5.09. The van der Waals surface area contributed by atoms with Gasteiger partial charge in [0.2, 0.25) is 0 Å². The van der Waals surface area contributed by atoms with E-state index in [2.05, 4.69) is 92.1 Å². The molecule has 1 N–H and O–H groups in total. The Morgan fingerprint density at radius 1 is 1.07 bits per heavy atom. The zero-order valence-corrected chi connectivity index (χ0v) is 17.2. The number of nitrogens with zero attached hydrogens (tertiary/aromatic N) is 4. The van der Waals surface area contributed by atoms with Crippen LogP contribution in [0.2, 0.25) is 0 Å². The lowest BCUT2D eigenvalue weighted by molar-refractivity contribution is 0.964. The minimum absolute atomic E-state index is 0.649. The molecule has 5 nitrogen and oxygen atoms in total. The summed E-state index contributed by atoms with van der Waals surface area (Å²) in [6, 6.07) is 18.6. The lowest BCUT2D eigenvalue weighted by Gasteiger charge is -2.09. The van der Waals surface area contributed by atoms with Crippen molar-refractivity contribution in [3.8, 4) is 5.69 Å². The second-order valence-corrected chi connectivity index (χ2v) is 7.53. The SMILES string of the molecule is Cc1cc(C=NNc2nncc3ccccc23)c(C)n1-c1ccc(I)cc1. The molecule has 0 aliphatic carbocycles. The summed E-state index contributed by atoms with van der Waals surface area (Å²) < 4.78 is 3.45. The second-order valence-electron chi connectivity index (χ2n) is 6.29. The molecule has 0 saturated carbocycles. The van der Waals surface area contributed by atoms with Gasteiger partial charge < -0.3 is 4.57 Å². The Morgan fingerprint density at radius 3 is 2.67 bits per heavy atom. The van der Waals surface area contributed by atoms with E-state index in [0.717, 1.165) is 27.7 Å². The van der Waals surface area contributed by atoms with Crippen LogP contribution in [0, 0.1) is 17.4 Å². The van der Waals surface area contributed by atoms with E-state index >= 15 is 0 Å². The van der Waals surface area contributed by atoms with Gasteiger partial charge in [0.05, 0.1) is 12.4 Å². The average molecular weight is 467 g/mol. The smallest absolute Gasteiger partial charge is 0.176 e. The van der Waals surface area contributed by atoms with Crippen molar-refractivity contribution in [3.63, 3.8) is 0 Å². The molecular weight excluding hydrogens is 449 g/mol. The van der Waals surface area contributed by atoms with E-state index < -0.39 is 0 Å². The molecule has 0 aliphatic heterocycles. The molecular formula is C21H18IN5. The molecule has 4 rings (SSSR count). The Bertz CT molecular complexity index is 1120. The van der Waals surface area contributed by atoms with Gasteiger partial charge >= 0.3 is 0 Å². The summed E-state index contributed by atoms with van der Waals surface area (Å²) in [6.07, 6.45) is 3.58. The van der Waals surface area contributed by atoms with Crippen LogP contribution in [0.5, 0.6) is 0 Å². The van der Waals surface area contributed by atoms with E-state index in [1.807, 2.05) is 30.5 Å². The molecule has 0 amide bonds. The highest BCUT2D eigenvalue weighted by Gasteiger charge is 2.09. The van der Waals surface area contributed by atoms with Crippen molar-refractivity contribution in [2.45, 2.75) is 13.8 Å². The molecule has 0 fully saturated rings. The highest BCUT2D eigenvalue weighted by atomic mass is 127. The second kappa shape index (κ2) is 7.48. The largest absolute Gasteiger partial charge is 0.318 e. The summed E-state index contributed by atoms with van der Waals surface area (Å²) in [7, 11) is 0. The van der Waals surface area contributed by atoms with Crippen LogP contribution in [0.15, 0.2) is 65.9 Å². The number of hydrogen-bond donors (Lipinski definition) is 1. The first kappa shape index (κ1) is 17.7. The number of aryl methyl sites for hydroxylation is 1. The normalized spacial score (nSPS) is 11.4. The van der Waals surface area contributed by atoms with Crippen LogP contribution in [0.3, 0.4) is 0 Å². The van der Waals surface area contributed by atoms with Crippen molar-refractivity contribution in [1.82, 2.24) is 14.8 Å². The number of halogens is 1. The minimum Gasteiger partial charge on any atom is -0.318 e. The Balaban J connectivity index is 1.61. The molecule has 6 heteroatoms. The highest BCUT2D eigenvalue weighted by molar-refractivity contribution is 14.1. The maximum absolute atomic E-state index is 4.39. The fourth-order valence-electron chi connectivity index (χ4n) is 3.18. The molecule has 0 saturated heterocycles. The molecule has 2 aromatic heterocycles. The first-order valence-electron chi connectivity index (χ1n) is 8.58. The molecule has 27 heavy (non-hydrogen) atoms. The van der Waals surface area contributed by atoms with E-state index in [1.165, 1.54) is 9.26 Å². The lowest BCUT2D eigenvalue weighted by atomic mass is 10.2. The van der Waals surface area contributed by atoms with Gasteiger partial charge in [-0.3, -0.25) is 5.43 Å². The predicted molar refractivity (Wildman–Crippen MR) is 119 cm³/mol. The number of nitrogens with one attached hydrogen (secondary N) is 1. The van der Waals surface area contributed by atoms with Crippen LogP contribution in [0.4, 0.5) is 5.82 Å². The Labute approximate surface area is 171 Å². The lowest BCUT2D eigenvalue weighted by Crippen LogP contribution is -2.00. The van der Waals surface area contributed by atoms with Gasteiger partial charge in [0.25, 0.3) is 0 Å². The average Bonchev–Trinajstić information content (AvgIpc) is 2.96. The third-order valence-electron chi connectivity index (χ3n) is 4.50. The van der Waals surface area contributed by atoms with Crippen molar-refractivity contribution < 1.29 is 0 Å². The number of fused-ring (bicyclic) bond motifs is 1. The summed E-state index contributed by atoms with van der Waals surface area (Å²) in [4.78, 5) is 0. The van der Waals surface area contributed by atoms with Crippen molar-refractivity contribution in [2.75, 3.05) is 5.43 Å². The Hall–Kier alpha value is -2.74. The van der Waals surface area contributed by atoms with E-state index in [9.17, 15) is 0 Å². The molecule has 0 atom stereocenters. The standard InChI is InChI=1S/C21H18IN5/c1-14-11-17(15(2)27(14)19-9-7-18(22)8-10-19)13-24-26-21-20-6-4-3-5-16(20)12-23-25-21/h3-13H,1-2H3,(H,25,26). The van der Waals surface area contributed by atoms with Gasteiger partial charge in [-0.05, 0) is 66.8 Å². The molecule has 0 aliphatic rings. The van der Waals surface area contributed by atoms with E-state index in [-0.39, 0.29) is 0 Å². The maximum Gasteiger partial charge on any atom is 0.176 e. The first-order chi connectivity index (χ1) is 13.1. The summed E-state index contributed by atoms with van der Waals surface area (Å²) in [5.41, 5.74) is 7.55. The van der Waals surface area contributed by atoms with Gasteiger partial charge in [-0.1, -0.05) is 24.3 Å². The van der Waals surface area contributed by atoms with E-state index in [1.54, 1.807) is 6.20 Å². The van der Waals surface area contributed by atoms with Gasteiger partial charge in [-0.2, -0.15) is 10.2 Å². The molecule has 0 spiro atoms. The molecule has 0 radical (unpaired) electrons. The number of aromatic nitrogens is 3. The summed E-state index contributed by atoms with van der Waals surface area (Å²) in [5, 5.41) is 14.6. The van der Waals surface area contributed by atoms with Crippen molar-refractivity contribution >= 4 is 45.4 Å². The molecule has 2 heterocycles. The van der Waals surface area contributed by atoms with Gasteiger partial charge in [0.15, 0.2) is 5.82 Å². The maximum atomic E-state index is 4.39. The molecule has 4 aromatic rings. The quantitative estimate of drug-likeness (QED) is 0.259. The highest BCUT2D eigenvalue weighted by Crippen LogP contribution is 2.21. The monoisotopic (exact) mass is 467 g/mol. The van der Waals surface area contributed by atoms with Gasteiger partial charge in [-0.15, -0.1) is 5.10 Å². The van der Waals surface area contributed by atoms with Crippen molar-refractivity contribution in [1.29, 1.82) is 0 Å². The van der Waals surface area contributed by atoms with Crippen LogP contribution in [0.1, 0.15) is 17.0 Å². The van der Waals surface area contributed by atoms with E-state index in [4.69, 9.17) is 0 Å². The van der Waals surface area contributed by atoms with Crippen LogP contribution in [0.25, 0.3) is 16.5 Å². The van der Waals surface area contributed by atoms with Gasteiger partial charge in [0, 0.05) is 37.0 Å². The third kappa shape index (κ3) is 3.57. The minimum atomic E-state index is 0.649. The number of hydrazone groups is 1. The first-order valence-corrected chi connectivity index (χ1v) is 9.66. The zero-order chi connectivity index (χ0) is 18.8. The third-order valence-corrected chi connectivity index (χ3v) is 5.22. The molecule has 0 bridgehead atoms. The fourth-order valence-corrected chi connectivity index (χ4v) is 3.54. The van der Waals surface area contributed by atoms with Crippen LogP contribution in [-0.2, 0) is 0 Å². The molecule has 0 unspecified atom stereocenters. The van der Waals surface area contributed by atoms with E-state index in [0.29, 0.717) is 5.82 Å². The summed E-state index contributed by atoms with van der Waals surface area (Å²) in [6.45, 7) is 4.20. The van der Waals surface area contributed by atoms with Gasteiger partial charge in [-0.25, -0.2) is 0 Å². The number of benzene rings is 2. The van der Waals surface area contributed by atoms with Crippen LogP contribution >= 0.6 is 22.6 Å². The van der Waals surface area contributed by atoms with Crippen molar-refractivity contribution in [3.05, 3.63) is 81.3 Å². The van der Waals surface area contributed by atoms with Gasteiger partial charge in [0.1, 0.15) is 0 Å². The molecule has 134 valence electrons. The summed E-state index contributed by atoms with van der Waals surface area (Å²) >= 11 is 2.32. The fraction of sp³-hybridized carbons (Fsp3) is 0.0952. The Morgan fingerprint density at radius 2 is 1.85 bits per heavy atom. The summed E-state index contributed by atoms with van der Waals surface area (Å²) in [5.74, 6) is 0.649. The zero-order valence-electron chi connectivity index (χ0n) is 15.0. The topological polar surface area (TPSA) is 55.1 Å². The Kier molecular flexibility index (Phi) is 4.89. The number of rotatable bonds is 4. The number of hydrogen-bond acceptors (Lipinski definition) is 4. The van der Waals surface area contributed by atoms with Crippen molar-refractivity contribution in [2.24, 2.45) is 5.10 Å². The van der Waals surface area contributed by atoms with Crippen LogP contribution < -0.4 is 5.43 Å². The van der Waals surface area contributed by atoms with Crippen LogP contribution in [-0.4, -0.2) is 21.0 Å².